The minimum atomic E-state index is -0.0900. The van der Waals surface area contributed by atoms with E-state index >= 15 is 0 Å². The smallest absolute Gasteiger partial charge is 0.138 e. The lowest BCUT2D eigenvalue weighted by Gasteiger charge is -2.22. The second-order valence-corrected chi connectivity index (χ2v) is 7.30. The van der Waals surface area contributed by atoms with Gasteiger partial charge in [0.2, 0.25) is 0 Å². The van der Waals surface area contributed by atoms with Gasteiger partial charge in [0.1, 0.15) is 5.78 Å². The van der Waals surface area contributed by atoms with E-state index in [2.05, 4.69) is 20.8 Å². The molecule has 0 aliphatic rings. The number of rotatable bonds is 15. The maximum absolute atomic E-state index is 11.8. The van der Waals surface area contributed by atoms with Crippen molar-refractivity contribution in [2.75, 3.05) is 0 Å². The van der Waals surface area contributed by atoms with Gasteiger partial charge in [-0.1, -0.05) is 105 Å². The Balaban J connectivity index is 3.28. The summed E-state index contributed by atoms with van der Waals surface area (Å²) >= 11 is 0. The van der Waals surface area contributed by atoms with E-state index in [0.29, 0.717) is 12.2 Å². The highest BCUT2D eigenvalue weighted by Crippen LogP contribution is 2.26. The van der Waals surface area contributed by atoms with Crippen LogP contribution in [0.5, 0.6) is 0 Å². The molecule has 0 aliphatic heterocycles. The Morgan fingerprint density at radius 3 is 1.43 bits per heavy atom. The van der Waals surface area contributed by atoms with Crippen molar-refractivity contribution in [1.29, 1.82) is 0 Å². The SMILES string of the molecule is CCCCCCCCCCCCCCC(C)(C)C(=O)CC. The van der Waals surface area contributed by atoms with Gasteiger partial charge in [0, 0.05) is 11.8 Å². The minimum Gasteiger partial charge on any atom is -0.299 e. The monoisotopic (exact) mass is 296 g/mol. The summed E-state index contributed by atoms with van der Waals surface area (Å²) in [5, 5.41) is 0. The van der Waals surface area contributed by atoms with Crippen LogP contribution in [0.15, 0.2) is 0 Å². The first kappa shape index (κ1) is 20.7. The van der Waals surface area contributed by atoms with Gasteiger partial charge in [0.15, 0.2) is 0 Å². The van der Waals surface area contributed by atoms with Gasteiger partial charge < -0.3 is 0 Å². The fraction of sp³-hybridized carbons (Fsp3) is 0.950. The molecular weight excluding hydrogens is 256 g/mol. The maximum Gasteiger partial charge on any atom is 0.138 e. The fourth-order valence-corrected chi connectivity index (χ4v) is 3.03. The lowest BCUT2D eigenvalue weighted by Crippen LogP contribution is -2.23. The Kier molecular flexibility index (Phi) is 13.1. The van der Waals surface area contributed by atoms with Crippen molar-refractivity contribution in [1.82, 2.24) is 0 Å². The average Bonchev–Trinajstić information content (AvgIpc) is 2.47. The third kappa shape index (κ3) is 12.0. The van der Waals surface area contributed by atoms with Gasteiger partial charge >= 0.3 is 0 Å². The van der Waals surface area contributed by atoms with E-state index in [4.69, 9.17) is 0 Å². The molecule has 0 aromatic heterocycles. The lowest BCUT2D eigenvalue weighted by molar-refractivity contribution is -0.127. The Bertz CT molecular complexity index is 242. The molecule has 0 heterocycles. The van der Waals surface area contributed by atoms with E-state index in [0.717, 1.165) is 6.42 Å². The molecule has 0 amide bonds. The molecule has 0 spiro atoms. The third-order valence-corrected chi connectivity index (χ3v) is 4.73. The second-order valence-electron chi connectivity index (χ2n) is 7.30. The van der Waals surface area contributed by atoms with Crippen molar-refractivity contribution >= 4 is 5.78 Å². The van der Waals surface area contributed by atoms with Crippen LogP contribution in [0.25, 0.3) is 0 Å². The fourth-order valence-electron chi connectivity index (χ4n) is 3.03. The van der Waals surface area contributed by atoms with Crippen molar-refractivity contribution in [2.45, 2.75) is 118 Å². The molecule has 0 aromatic rings. The number of unbranched alkanes of at least 4 members (excludes halogenated alkanes) is 11. The predicted octanol–water partition coefficient (Wildman–Crippen LogP) is 7.08. The molecule has 0 aliphatic carbocycles. The topological polar surface area (TPSA) is 17.1 Å². The molecule has 0 fully saturated rings. The summed E-state index contributed by atoms with van der Waals surface area (Å²) in [4.78, 5) is 11.8. The maximum atomic E-state index is 11.8. The molecule has 1 nitrogen and oxygen atoms in total. The van der Waals surface area contributed by atoms with Gasteiger partial charge in [0.05, 0.1) is 0 Å². The molecule has 0 atom stereocenters. The highest BCUT2D eigenvalue weighted by atomic mass is 16.1. The molecule has 0 unspecified atom stereocenters. The number of Topliss-reactive ketones (excluding diaryl/α,β-unsaturated/α-hetero) is 1. The van der Waals surface area contributed by atoms with Crippen LogP contribution < -0.4 is 0 Å². The van der Waals surface area contributed by atoms with Gasteiger partial charge in [0.25, 0.3) is 0 Å². The molecule has 126 valence electrons. The Morgan fingerprint density at radius 1 is 0.667 bits per heavy atom. The van der Waals surface area contributed by atoms with Crippen LogP contribution in [-0.2, 0) is 4.79 Å². The van der Waals surface area contributed by atoms with E-state index in [1.54, 1.807) is 0 Å². The standard InChI is InChI=1S/C20H40O/c1-5-7-8-9-10-11-12-13-14-15-16-17-18-20(3,4)19(21)6-2/h5-18H2,1-4H3. The van der Waals surface area contributed by atoms with Crippen LogP contribution in [0.1, 0.15) is 118 Å². The number of hydrogen-bond acceptors (Lipinski definition) is 1. The van der Waals surface area contributed by atoms with Crippen molar-refractivity contribution in [2.24, 2.45) is 5.41 Å². The van der Waals surface area contributed by atoms with Crippen LogP contribution in [0.3, 0.4) is 0 Å². The summed E-state index contributed by atoms with van der Waals surface area (Å²) in [6.45, 7) is 8.47. The van der Waals surface area contributed by atoms with Crippen molar-refractivity contribution < 1.29 is 4.79 Å². The summed E-state index contributed by atoms with van der Waals surface area (Å²) in [5.41, 5.74) is -0.0900. The molecular formula is C20H40O. The van der Waals surface area contributed by atoms with Crippen LogP contribution >= 0.6 is 0 Å². The lowest BCUT2D eigenvalue weighted by atomic mass is 9.81. The van der Waals surface area contributed by atoms with Crippen LogP contribution in [0.4, 0.5) is 0 Å². The van der Waals surface area contributed by atoms with E-state index in [1.807, 2.05) is 6.92 Å². The zero-order valence-electron chi connectivity index (χ0n) is 15.3. The summed E-state index contributed by atoms with van der Waals surface area (Å²) in [5.74, 6) is 0.422. The number of carbonyl (C=O) groups is 1. The largest absolute Gasteiger partial charge is 0.299 e. The zero-order valence-corrected chi connectivity index (χ0v) is 15.3. The highest BCUT2D eigenvalue weighted by Gasteiger charge is 2.24. The van der Waals surface area contributed by atoms with Crippen LogP contribution in [-0.4, -0.2) is 5.78 Å². The first-order valence-electron chi connectivity index (χ1n) is 9.58. The molecule has 0 saturated heterocycles. The average molecular weight is 297 g/mol. The normalized spacial score (nSPS) is 11.8. The van der Waals surface area contributed by atoms with Gasteiger partial charge in [-0.15, -0.1) is 0 Å². The minimum absolute atomic E-state index is 0.0900. The predicted molar refractivity (Wildman–Crippen MR) is 94.8 cm³/mol. The Labute approximate surface area is 134 Å². The summed E-state index contributed by atoms with van der Waals surface area (Å²) in [7, 11) is 0. The van der Waals surface area contributed by atoms with E-state index in [1.165, 1.54) is 77.0 Å². The molecule has 21 heavy (non-hydrogen) atoms. The Morgan fingerprint density at radius 2 is 1.05 bits per heavy atom. The quantitative estimate of drug-likeness (QED) is 0.295. The van der Waals surface area contributed by atoms with Crippen LogP contribution in [0, 0.1) is 5.41 Å². The van der Waals surface area contributed by atoms with Crippen molar-refractivity contribution in [3.8, 4) is 0 Å². The highest BCUT2D eigenvalue weighted by molar-refractivity contribution is 5.83. The van der Waals surface area contributed by atoms with Crippen molar-refractivity contribution in [3.05, 3.63) is 0 Å². The number of hydrogen-bond donors (Lipinski definition) is 0. The Hall–Kier alpha value is -0.330. The summed E-state index contributed by atoms with van der Waals surface area (Å²) in [6, 6.07) is 0. The summed E-state index contributed by atoms with van der Waals surface area (Å²) in [6.07, 6.45) is 18.3. The van der Waals surface area contributed by atoms with Gasteiger partial charge in [-0.05, 0) is 6.42 Å². The number of ketones is 1. The number of carbonyl (C=O) groups excluding carboxylic acids is 1. The molecule has 0 saturated carbocycles. The van der Waals surface area contributed by atoms with Gasteiger partial charge in [-0.25, -0.2) is 0 Å². The zero-order chi connectivity index (χ0) is 16.0. The van der Waals surface area contributed by atoms with Crippen LogP contribution in [0.2, 0.25) is 0 Å². The molecule has 0 N–H and O–H groups in total. The van der Waals surface area contributed by atoms with E-state index in [-0.39, 0.29) is 5.41 Å². The van der Waals surface area contributed by atoms with Gasteiger partial charge in [-0.2, -0.15) is 0 Å². The molecule has 1 heteroatoms. The molecule has 0 bridgehead atoms. The molecule has 0 aromatic carbocycles. The first-order chi connectivity index (χ1) is 10.0. The molecule has 0 rings (SSSR count). The van der Waals surface area contributed by atoms with E-state index < -0.39 is 0 Å². The second kappa shape index (κ2) is 13.3. The molecule has 0 radical (unpaired) electrons. The third-order valence-electron chi connectivity index (χ3n) is 4.73. The van der Waals surface area contributed by atoms with E-state index in [9.17, 15) is 4.79 Å². The van der Waals surface area contributed by atoms with Gasteiger partial charge in [-0.3, -0.25) is 4.79 Å². The first-order valence-corrected chi connectivity index (χ1v) is 9.58. The van der Waals surface area contributed by atoms with Crippen molar-refractivity contribution in [3.63, 3.8) is 0 Å². The summed E-state index contributed by atoms with van der Waals surface area (Å²) < 4.78 is 0.